The third-order valence-corrected chi connectivity index (χ3v) is 4.23. The number of nitrogens with one attached hydrogen (secondary N) is 1. The van der Waals surface area contributed by atoms with Crippen molar-refractivity contribution in [1.82, 2.24) is 15.2 Å². The van der Waals surface area contributed by atoms with Gasteiger partial charge in [0, 0.05) is 24.8 Å². The van der Waals surface area contributed by atoms with Gasteiger partial charge in [-0.05, 0) is 38.6 Å². The molecule has 1 saturated carbocycles. The lowest BCUT2D eigenvalue weighted by atomic mass is 10.1. The van der Waals surface area contributed by atoms with Gasteiger partial charge in [0.2, 0.25) is 5.88 Å². The number of hydrogen-bond donors (Lipinski definition) is 2. The summed E-state index contributed by atoms with van der Waals surface area (Å²) in [6.45, 7) is 2.03. The average molecular weight is 461 g/mol. The molecule has 7 heteroatoms. The summed E-state index contributed by atoms with van der Waals surface area (Å²) in [5.74, 6) is 1.17. The first-order valence-corrected chi connectivity index (χ1v) is 8.92. The molecule has 0 aromatic carbocycles. The summed E-state index contributed by atoms with van der Waals surface area (Å²) in [7, 11) is 4.04. The average Bonchev–Trinajstić information content (AvgIpc) is 2.82. The number of aromatic nitrogens is 1. The quantitative estimate of drug-likeness (QED) is 0.283. The van der Waals surface area contributed by atoms with E-state index in [1.807, 2.05) is 26.2 Å². The summed E-state index contributed by atoms with van der Waals surface area (Å²) in [4.78, 5) is 10.8. The summed E-state index contributed by atoms with van der Waals surface area (Å²) < 4.78 is 5.65. The first kappa shape index (κ1) is 22.0. The van der Waals surface area contributed by atoms with E-state index in [-0.39, 0.29) is 24.0 Å². The van der Waals surface area contributed by atoms with Crippen molar-refractivity contribution in [3.05, 3.63) is 23.9 Å². The van der Waals surface area contributed by atoms with Crippen molar-refractivity contribution in [3.8, 4) is 5.88 Å². The fraction of sp³-hybridized carbons (Fsp3) is 0.667. The molecule has 25 heavy (non-hydrogen) atoms. The molecule has 0 spiro atoms. The number of halogens is 1. The number of aliphatic imine (C=N–C) groups is 1. The molecule has 1 aliphatic rings. The highest BCUT2D eigenvalue weighted by Crippen LogP contribution is 2.17. The molecule has 3 N–H and O–H groups in total. The van der Waals surface area contributed by atoms with Gasteiger partial charge in [0.05, 0.1) is 6.54 Å². The Kier molecular flexibility index (Phi) is 10.8. The minimum Gasteiger partial charge on any atom is -0.476 e. The van der Waals surface area contributed by atoms with Gasteiger partial charge in [-0.2, -0.15) is 0 Å². The molecular formula is C18H32IN5O. The van der Waals surface area contributed by atoms with Crippen LogP contribution < -0.4 is 15.8 Å². The second-order valence-corrected chi connectivity index (χ2v) is 6.69. The summed E-state index contributed by atoms with van der Waals surface area (Å²) in [5.41, 5.74) is 7.09. The summed E-state index contributed by atoms with van der Waals surface area (Å²) in [6, 6.07) is 4.35. The smallest absolute Gasteiger partial charge is 0.213 e. The van der Waals surface area contributed by atoms with Gasteiger partial charge in [-0.25, -0.2) is 9.98 Å². The summed E-state index contributed by atoms with van der Waals surface area (Å²) in [6.07, 6.45) is 9.37. The van der Waals surface area contributed by atoms with Crippen LogP contribution in [0.4, 0.5) is 0 Å². The number of rotatable bonds is 7. The van der Waals surface area contributed by atoms with Crippen LogP contribution in [0.2, 0.25) is 0 Å². The molecule has 6 nitrogen and oxygen atoms in total. The number of hydrogen-bond acceptors (Lipinski definition) is 4. The van der Waals surface area contributed by atoms with Crippen molar-refractivity contribution < 1.29 is 4.74 Å². The lowest BCUT2D eigenvalue weighted by Gasteiger charge is -2.16. The highest BCUT2D eigenvalue weighted by molar-refractivity contribution is 14.0. The molecule has 0 aliphatic heterocycles. The Morgan fingerprint density at radius 1 is 1.32 bits per heavy atom. The van der Waals surface area contributed by atoms with Gasteiger partial charge in [-0.1, -0.05) is 25.7 Å². The van der Waals surface area contributed by atoms with Gasteiger partial charge in [-0.3, -0.25) is 0 Å². The lowest BCUT2D eigenvalue weighted by molar-refractivity contribution is 0.253. The van der Waals surface area contributed by atoms with Gasteiger partial charge >= 0.3 is 0 Å². The largest absolute Gasteiger partial charge is 0.476 e. The molecule has 142 valence electrons. The van der Waals surface area contributed by atoms with Crippen LogP contribution >= 0.6 is 24.0 Å². The molecule has 1 aromatic rings. The molecule has 1 aliphatic carbocycles. The Hall–Kier alpha value is -1.09. The summed E-state index contributed by atoms with van der Waals surface area (Å²) >= 11 is 0. The number of nitrogens with zero attached hydrogens (tertiary/aromatic N) is 3. The van der Waals surface area contributed by atoms with Gasteiger partial charge in [0.1, 0.15) is 6.61 Å². The molecular weight excluding hydrogens is 429 g/mol. The van der Waals surface area contributed by atoms with Crippen LogP contribution in [-0.2, 0) is 6.54 Å². The van der Waals surface area contributed by atoms with E-state index >= 15 is 0 Å². The maximum atomic E-state index is 6.04. The van der Waals surface area contributed by atoms with Gasteiger partial charge in [-0.15, -0.1) is 24.0 Å². The Bertz CT molecular complexity index is 516. The van der Waals surface area contributed by atoms with Crippen LogP contribution in [0.1, 0.15) is 44.1 Å². The zero-order chi connectivity index (χ0) is 17.2. The molecule has 1 heterocycles. The van der Waals surface area contributed by atoms with Crippen LogP contribution in [0.3, 0.4) is 0 Å². The standard InChI is InChI=1S/C18H31N5O.HI/c1-23(2)11-12-24-17-13-15(9-10-20-17)14-21-18(19)22-16-7-5-3-4-6-8-16;/h9-10,13,16H,3-8,11-12,14H2,1-2H3,(H3,19,21,22);1H. The van der Waals surface area contributed by atoms with E-state index in [0.717, 1.165) is 12.1 Å². The monoisotopic (exact) mass is 461 g/mol. The Morgan fingerprint density at radius 2 is 2.04 bits per heavy atom. The molecule has 2 rings (SSSR count). The fourth-order valence-electron chi connectivity index (χ4n) is 2.82. The SMILES string of the molecule is CN(C)CCOc1cc(CN=C(N)NC2CCCCCC2)ccn1.I. The number of pyridine rings is 1. The Morgan fingerprint density at radius 3 is 2.72 bits per heavy atom. The van der Waals surface area contributed by atoms with Crippen molar-refractivity contribution in [2.24, 2.45) is 10.7 Å². The predicted octanol–water partition coefficient (Wildman–Crippen LogP) is 2.77. The minimum atomic E-state index is 0. The predicted molar refractivity (Wildman–Crippen MR) is 114 cm³/mol. The molecule has 1 fully saturated rings. The normalized spacial score (nSPS) is 16.2. The third kappa shape index (κ3) is 9.25. The van der Waals surface area contributed by atoms with Crippen molar-refractivity contribution >= 4 is 29.9 Å². The van der Waals surface area contributed by atoms with Gasteiger partial charge in [0.15, 0.2) is 5.96 Å². The van der Waals surface area contributed by atoms with Gasteiger partial charge in [0.25, 0.3) is 0 Å². The van der Waals surface area contributed by atoms with Crippen molar-refractivity contribution in [3.63, 3.8) is 0 Å². The molecule has 1 aromatic heterocycles. The molecule has 0 atom stereocenters. The minimum absolute atomic E-state index is 0. The molecule has 0 bridgehead atoms. The lowest BCUT2D eigenvalue weighted by Crippen LogP contribution is -2.39. The van der Waals surface area contributed by atoms with Crippen molar-refractivity contribution in [2.75, 3.05) is 27.2 Å². The highest BCUT2D eigenvalue weighted by atomic mass is 127. The van der Waals surface area contributed by atoms with Gasteiger partial charge < -0.3 is 20.7 Å². The fourth-order valence-corrected chi connectivity index (χ4v) is 2.82. The second kappa shape index (κ2) is 12.3. The van der Waals surface area contributed by atoms with E-state index in [0.29, 0.717) is 31.0 Å². The van der Waals surface area contributed by atoms with Crippen molar-refractivity contribution in [1.29, 1.82) is 0 Å². The summed E-state index contributed by atoms with van der Waals surface area (Å²) in [5, 5.41) is 3.37. The van der Waals surface area contributed by atoms with Crippen LogP contribution in [0.25, 0.3) is 0 Å². The second-order valence-electron chi connectivity index (χ2n) is 6.69. The van der Waals surface area contributed by atoms with Crippen LogP contribution in [0.5, 0.6) is 5.88 Å². The number of guanidine groups is 1. The van der Waals surface area contributed by atoms with E-state index in [1.54, 1.807) is 6.20 Å². The first-order chi connectivity index (χ1) is 11.6. The van der Waals surface area contributed by atoms with Crippen LogP contribution in [0, 0.1) is 0 Å². The van der Waals surface area contributed by atoms with Crippen LogP contribution in [0.15, 0.2) is 23.3 Å². The third-order valence-electron chi connectivity index (χ3n) is 4.23. The molecule has 0 saturated heterocycles. The first-order valence-electron chi connectivity index (χ1n) is 8.92. The number of ether oxygens (including phenoxy) is 1. The molecule has 0 radical (unpaired) electrons. The Labute approximate surface area is 168 Å². The number of nitrogens with two attached hydrogens (primary N) is 1. The van der Waals surface area contributed by atoms with E-state index < -0.39 is 0 Å². The Balaban J connectivity index is 0.00000312. The van der Waals surface area contributed by atoms with Crippen molar-refractivity contribution in [2.45, 2.75) is 51.1 Å². The number of likely N-dealkylation sites (N-methyl/N-ethyl adjacent to an activating group) is 1. The zero-order valence-corrected chi connectivity index (χ0v) is 17.7. The van der Waals surface area contributed by atoms with E-state index in [2.05, 4.69) is 20.2 Å². The van der Waals surface area contributed by atoms with E-state index in [9.17, 15) is 0 Å². The topological polar surface area (TPSA) is 75.8 Å². The molecule has 0 amide bonds. The van der Waals surface area contributed by atoms with E-state index in [1.165, 1.54) is 38.5 Å². The van der Waals surface area contributed by atoms with E-state index in [4.69, 9.17) is 10.5 Å². The zero-order valence-electron chi connectivity index (χ0n) is 15.4. The maximum Gasteiger partial charge on any atom is 0.213 e. The highest BCUT2D eigenvalue weighted by Gasteiger charge is 2.12. The maximum absolute atomic E-state index is 6.04. The molecule has 0 unspecified atom stereocenters. The van der Waals surface area contributed by atoms with Crippen LogP contribution in [-0.4, -0.2) is 49.1 Å².